The van der Waals surface area contributed by atoms with Gasteiger partial charge in [-0.1, -0.05) is 30.3 Å². The number of benzene rings is 2. The number of hydrazone groups is 1. The van der Waals surface area contributed by atoms with Crippen LogP contribution in [-0.2, 0) is 16.1 Å². The van der Waals surface area contributed by atoms with Crippen molar-refractivity contribution in [2.75, 3.05) is 32.7 Å². The maximum Gasteiger partial charge on any atom is 0.308 e. The molecule has 0 aliphatic carbocycles. The number of ether oxygens (including phenoxy) is 1. The van der Waals surface area contributed by atoms with Gasteiger partial charge in [0.1, 0.15) is 5.75 Å². The highest BCUT2D eigenvalue weighted by Gasteiger charge is 2.18. The summed E-state index contributed by atoms with van der Waals surface area (Å²) >= 11 is 0. The second kappa shape index (κ2) is 10.7. The number of hydrogen-bond acceptors (Lipinski definition) is 6. The lowest BCUT2D eigenvalue weighted by atomic mass is 10.1. The van der Waals surface area contributed by atoms with E-state index in [0.717, 1.165) is 38.3 Å². The minimum Gasteiger partial charge on any atom is -0.427 e. The van der Waals surface area contributed by atoms with Crippen LogP contribution in [0.2, 0.25) is 0 Å². The van der Waals surface area contributed by atoms with Crippen molar-refractivity contribution in [3.63, 3.8) is 0 Å². The van der Waals surface area contributed by atoms with E-state index >= 15 is 0 Å². The van der Waals surface area contributed by atoms with Gasteiger partial charge >= 0.3 is 5.97 Å². The molecule has 0 unspecified atom stereocenters. The van der Waals surface area contributed by atoms with E-state index < -0.39 is 0 Å². The molecule has 1 N–H and O–H groups in total. The van der Waals surface area contributed by atoms with Crippen LogP contribution in [0.25, 0.3) is 0 Å². The Hall–Kier alpha value is -3.03. The molecule has 0 spiro atoms. The Morgan fingerprint density at radius 3 is 2.20 bits per heavy atom. The van der Waals surface area contributed by atoms with Gasteiger partial charge < -0.3 is 4.74 Å². The molecule has 1 heterocycles. The molecular weight excluding hydrogens is 380 g/mol. The van der Waals surface area contributed by atoms with Gasteiger partial charge in [-0.2, -0.15) is 5.10 Å². The Morgan fingerprint density at radius 1 is 0.933 bits per heavy atom. The third-order valence-corrected chi connectivity index (χ3v) is 4.96. The molecule has 0 radical (unpaired) electrons. The standard InChI is InChI=1S/C23H28N4O3/c1-18(21-8-10-22(11-9-21)30-19(2)28)24-25-23(29)17-27-14-12-26(13-15-27)16-20-6-4-3-5-7-20/h3-11H,12-17H2,1-2H3,(H,25,29)/b24-18+. The maximum atomic E-state index is 12.3. The van der Waals surface area contributed by atoms with E-state index in [-0.39, 0.29) is 11.9 Å². The third kappa shape index (κ3) is 6.79. The van der Waals surface area contributed by atoms with Crippen LogP contribution in [0.4, 0.5) is 0 Å². The minimum absolute atomic E-state index is 0.123. The molecule has 1 fully saturated rings. The van der Waals surface area contributed by atoms with Crippen molar-refractivity contribution in [2.45, 2.75) is 20.4 Å². The number of carbonyl (C=O) groups excluding carboxylic acids is 2. The molecule has 0 atom stereocenters. The summed E-state index contributed by atoms with van der Waals surface area (Å²) in [6, 6.07) is 17.4. The van der Waals surface area contributed by atoms with Crippen LogP contribution >= 0.6 is 0 Å². The van der Waals surface area contributed by atoms with Crippen LogP contribution in [0.15, 0.2) is 59.7 Å². The molecule has 0 aromatic heterocycles. The first kappa shape index (κ1) is 21.7. The summed E-state index contributed by atoms with van der Waals surface area (Å²) in [7, 11) is 0. The predicted molar refractivity (Wildman–Crippen MR) is 116 cm³/mol. The van der Waals surface area contributed by atoms with Gasteiger partial charge in [0.15, 0.2) is 0 Å². The zero-order valence-corrected chi connectivity index (χ0v) is 17.5. The normalized spacial score (nSPS) is 15.6. The van der Waals surface area contributed by atoms with Gasteiger partial charge in [0.2, 0.25) is 0 Å². The van der Waals surface area contributed by atoms with E-state index in [2.05, 4.69) is 44.6 Å². The predicted octanol–water partition coefficient (Wildman–Crippen LogP) is 2.27. The monoisotopic (exact) mass is 408 g/mol. The first-order valence-corrected chi connectivity index (χ1v) is 10.1. The van der Waals surface area contributed by atoms with Crippen LogP contribution in [-0.4, -0.2) is 60.1 Å². The van der Waals surface area contributed by atoms with E-state index in [4.69, 9.17) is 4.74 Å². The molecule has 1 amide bonds. The van der Waals surface area contributed by atoms with Gasteiger partial charge in [0.05, 0.1) is 12.3 Å². The van der Waals surface area contributed by atoms with Crippen molar-refractivity contribution in [3.05, 3.63) is 65.7 Å². The molecule has 0 bridgehead atoms. The summed E-state index contributed by atoms with van der Waals surface area (Å²) in [5, 5.41) is 4.19. The fourth-order valence-corrected chi connectivity index (χ4v) is 3.33. The van der Waals surface area contributed by atoms with E-state index in [1.54, 1.807) is 24.3 Å². The van der Waals surface area contributed by atoms with Crippen LogP contribution in [0.1, 0.15) is 25.0 Å². The van der Waals surface area contributed by atoms with Gasteiger partial charge in [-0.05, 0) is 42.3 Å². The minimum atomic E-state index is -0.360. The lowest BCUT2D eigenvalue weighted by molar-refractivity contribution is -0.131. The second-order valence-corrected chi connectivity index (χ2v) is 7.39. The molecular formula is C23H28N4O3. The molecule has 1 aliphatic heterocycles. The lowest BCUT2D eigenvalue weighted by Gasteiger charge is -2.34. The third-order valence-electron chi connectivity index (χ3n) is 4.96. The van der Waals surface area contributed by atoms with Crippen LogP contribution in [0, 0.1) is 0 Å². The van der Waals surface area contributed by atoms with Crippen LogP contribution in [0.5, 0.6) is 5.75 Å². The van der Waals surface area contributed by atoms with Gasteiger partial charge in [-0.15, -0.1) is 0 Å². The first-order valence-electron chi connectivity index (χ1n) is 10.1. The molecule has 30 heavy (non-hydrogen) atoms. The average Bonchev–Trinajstić information content (AvgIpc) is 2.74. The summed E-state index contributed by atoms with van der Waals surface area (Å²) in [6.45, 7) is 8.07. The van der Waals surface area contributed by atoms with Crippen molar-refractivity contribution < 1.29 is 14.3 Å². The Morgan fingerprint density at radius 2 is 1.57 bits per heavy atom. The number of amides is 1. The fraction of sp³-hybridized carbons (Fsp3) is 0.348. The molecule has 1 saturated heterocycles. The summed E-state index contributed by atoms with van der Waals surface area (Å²) in [6.07, 6.45) is 0. The Balaban J connectivity index is 1.41. The number of piperazine rings is 1. The average molecular weight is 409 g/mol. The van der Waals surface area contributed by atoms with E-state index in [1.807, 2.05) is 13.0 Å². The first-order chi connectivity index (χ1) is 14.5. The number of rotatable bonds is 7. The van der Waals surface area contributed by atoms with E-state index in [1.165, 1.54) is 12.5 Å². The number of esters is 1. The van der Waals surface area contributed by atoms with Gasteiger partial charge in [0, 0.05) is 39.6 Å². The molecule has 2 aromatic carbocycles. The molecule has 7 heteroatoms. The van der Waals surface area contributed by atoms with Crippen LogP contribution < -0.4 is 10.2 Å². The summed E-state index contributed by atoms with van der Waals surface area (Å²) < 4.78 is 5.01. The second-order valence-electron chi connectivity index (χ2n) is 7.39. The van der Waals surface area contributed by atoms with Gasteiger partial charge in [0.25, 0.3) is 5.91 Å². The summed E-state index contributed by atoms with van der Waals surface area (Å²) in [5.41, 5.74) is 5.48. The number of nitrogens with zero attached hydrogens (tertiary/aromatic N) is 3. The topological polar surface area (TPSA) is 74.2 Å². The lowest BCUT2D eigenvalue weighted by Crippen LogP contribution is -2.48. The quantitative estimate of drug-likeness (QED) is 0.329. The zero-order chi connectivity index (χ0) is 21.3. The fourth-order valence-electron chi connectivity index (χ4n) is 3.33. The largest absolute Gasteiger partial charge is 0.427 e. The highest BCUT2D eigenvalue weighted by atomic mass is 16.5. The molecule has 0 saturated carbocycles. The number of carbonyl (C=O) groups is 2. The van der Waals surface area contributed by atoms with Crippen molar-refractivity contribution in [1.29, 1.82) is 0 Å². The Kier molecular flexibility index (Phi) is 7.70. The SMILES string of the molecule is CC(=O)Oc1ccc(/C(C)=N/NC(=O)CN2CCN(Cc3ccccc3)CC2)cc1. The summed E-state index contributed by atoms with van der Waals surface area (Å²) in [4.78, 5) is 27.8. The van der Waals surface area contributed by atoms with E-state index in [9.17, 15) is 9.59 Å². The molecule has 1 aliphatic rings. The molecule has 3 rings (SSSR count). The van der Waals surface area contributed by atoms with Gasteiger partial charge in [-0.25, -0.2) is 5.43 Å². The Bertz CT molecular complexity index is 873. The molecule has 7 nitrogen and oxygen atoms in total. The van der Waals surface area contributed by atoms with Gasteiger partial charge in [-0.3, -0.25) is 19.4 Å². The van der Waals surface area contributed by atoms with Crippen molar-refractivity contribution in [2.24, 2.45) is 5.10 Å². The smallest absolute Gasteiger partial charge is 0.308 e. The Labute approximate surface area is 177 Å². The number of hydrogen-bond donors (Lipinski definition) is 1. The zero-order valence-electron chi connectivity index (χ0n) is 17.5. The van der Waals surface area contributed by atoms with E-state index in [0.29, 0.717) is 18.0 Å². The maximum absolute atomic E-state index is 12.3. The van der Waals surface area contributed by atoms with Crippen molar-refractivity contribution in [1.82, 2.24) is 15.2 Å². The molecule has 158 valence electrons. The van der Waals surface area contributed by atoms with Crippen molar-refractivity contribution in [3.8, 4) is 5.75 Å². The molecule has 2 aromatic rings. The highest BCUT2D eigenvalue weighted by molar-refractivity contribution is 5.99. The number of nitrogens with one attached hydrogen (secondary N) is 1. The summed E-state index contributed by atoms with van der Waals surface area (Å²) in [5.74, 6) is -0.00168. The highest BCUT2D eigenvalue weighted by Crippen LogP contribution is 2.13. The van der Waals surface area contributed by atoms with Crippen molar-refractivity contribution >= 4 is 17.6 Å². The van der Waals surface area contributed by atoms with Crippen LogP contribution in [0.3, 0.4) is 0 Å².